The van der Waals surface area contributed by atoms with Gasteiger partial charge in [-0.15, -0.1) is 0 Å². The number of amides is 2. The zero-order valence-electron chi connectivity index (χ0n) is 18.4. The first-order valence-corrected chi connectivity index (χ1v) is 10.8. The van der Waals surface area contributed by atoms with Gasteiger partial charge in [0.15, 0.2) is 0 Å². The maximum Gasteiger partial charge on any atom is 0.242 e. The van der Waals surface area contributed by atoms with E-state index >= 15 is 0 Å². The van der Waals surface area contributed by atoms with Crippen LogP contribution in [0.4, 0.5) is 0 Å². The van der Waals surface area contributed by atoms with Gasteiger partial charge < -0.3 is 15.0 Å². The van der Waals surface area contributed by atoms with Crippen molar-refractivity contribution in [1.29, 1.82) is 0 Å². The first-order chi connectivity index (χ1) is 14.6. The fraction of sp³-hybridized carbons (Fsp3) is 0.440. The second-order valence-corrected chi connectivity index (χ2v) is 7.42. The molecule has 0 aliphatic rings. The molecule has 0 fully saturated rings. The maximum atomic E-state index is 13.2. The summed E-state index contributed by atoms with van der Waals surface area (Å²) in [5, 5.41) is 3.00. The molecule has 1 atom stereocenters. The van der Waals surface area contributed by atoms with Crippen LogP contribution in [-0.2, 0) is 22.4 Å². The number of nitrogens with one attached hydrogen (secondary N) is 1. The van der Waals surface area contributed by atoms with Gasteiger partial charge in [-0.3, -0.25) is 9.59 Å². The first-order valence-electron chi connectivity index (χ1n) is 10.8. The summed E-state index contributed by atoms with van der Waals surface area (Å²) in [5.74, 6) is 0.657. The average Bonchev–Trinajstić information content (AvgIpc) is 2.77. The van der Waals surface area contributed by atoms with Crippen molar-refractivity contribution in [2.24, 2.45) is 0 Å². The summed E-state index contributed by atoms with van der Waals surface area (Å²) in [4.78, 5) is 27.8. The van der Waals surface area contributed by atoms with E-state index in [1.165, 1.54) is 0 Å². The highest BCUT2D eigenvalue weighted by Crippen LogP contribution is 2.15. The molecule has 1 N–H and O–H groups in total. The second-order valence-electron chi connectivity index (χ2n) is 7.42. The Hall–Kier alpha value is -2.82. The molecule has 0 spiro atoms. The molecule has 0 heterocycles. The van der Waals surface area contributed by atoms with Crippen LogP contribution in [0.1, 0.15) is 44.2 Å². The summed E-state index contributed by atoms with van der Waals surface area (Å²) in [6.07, 6.45) is 3.52. The molecule has 2 aromatic carbocycles. The van der Waals surface area contributed by atoms with Crippen LogP contribution < -0.4 is 10.1 Å². The van der Waals surface area contributed by atoms with Gasteiger partial charge in [0, 0.05) is 13.1 Å². The number of nitrogens with zero attached hydrogens (tertiary/aromatic N) is 1. The van der Waals surface area contributed by atoms with E-state index in [0.29, 0.717) is 25.9 Å². The molecule has 5 nitrogen and oxygen atoms in total. The third kappa shape index (κ3) is 7.21. The zero-order chi connectivity index (χ0) is 21.8. The third-order valence-corrected chi connectivity index (χ3v) is 5.21. The Bertz CT molecular complexity index is 775. The zero-order valence-corrected chi connectivity index (χ0v) is 18.4. The number of ether oxygens (including phenoxy) is 1. The fourth-order valence-corrected chi connectivity index (χ4v) is 3.42. The highest BCUT2D eigenvalue weighted by molar-refractivity contribution is 5.88. The summed E-state index contributed by atoms with van der Waals surface area (Å²) in [5.41, 5.74) is 2.06. The summed E-state index contributed by atoms with van der Waals surface area (Å²) in [6.45, 7) is 5.21. The van der Waals surface area contributed by atoms with E-state index in [1.54, 1.807) is 12.0 Å². The Morgan fingerprint density at radius 3 is 2.30 bits per heavy atom. The number of hydrogen-bond acceptors (Lipinski definition) is 3. The minimum absolute atomic E-state index is 0.0337. The summed E-state index contributed by atoms with van der Waals surface area (Å²) in [6, 6.07) is 17.1. The number of carbonyl (C=O) groups is 2. The van der Waals surface area contributed by atoms with Gasteiger partial charge in [0.05, 0.1) is 13.5 Å². The molecular weight excluding hydrogens is 376 g/mol. The lowest BCUT2D eigenvalue weighted by molar-refractivity contribution is -0.140. The molecule has 0 aliphatic carbocycles. The summed E-state index contributed by atoms with van der Waals surface area (Å²) < 4.78 is 5.19. The highest BCUT2D eigenvalue weighted by atomic mass is 16.5. The van der Waals surface area contributed by atoms with E-state index in [9.17, 15) is 9.59 Å². The summed E-state index contributed by atoms with van der Waals surface area (Å²) in [7, 11) is 1.62. The van der Waals surface area contributed by atoms with Gasteiger partial charge in [0.25, 0.3) is 0 Å². The fourth-order valence-electron chi connectivity index (χ4n) is 3.42. The molecule has 0 aromatic heterocycles. The molecule has 30 heavy (non-hydrogen) atoms. The minimum atomic E-state index is -0.462. The lowest BCUT2D eigenvalue weighted by Gasteiger charge is -2.31. The predicted octanol–water partition coefficient (Wildman–Crippen LogP) is 4.00. The number of hydrogen-bond donors (Lipinski definition) is 1. The van der Waals surface area contributed by atoms with E-state index in [4.69, 9.17) is 4.74 Å². The van der Waals surface area contributed by atoms with Crippen molar-refractivity contribution < 1.29 is 14.3 Å². The van der Waals surface area contributed by atoms with Crippen molar-refractivity contribution in [1.82, 2.24) is 10.2 Å². The van der Waals surface area contributed by atoms with Crippen molar-refractivity contribution in [3.8, 4) is 5.75 Å². The van der Waals surface area contributed by atoms with E-state index in [-0.39, 0.29) is 18.2 Å². The Labute approximate surface area is 180 Å². The molecule has 0 saturated carbocycles. The van der Waals surface area contributed by atoms with E-state index in [2.05, 4.69) is 24.4 Å². The number of benzene rings is 2. The molecule has 0 saturated heterocycles. The van der Waals surface area contributed by atoms with Crippen LogP contribution in [-0.4, -0.2) is 43.0 Å². The molecule has 0 aliphatic heterocycles. The van der Waals surface area contributed by atoms with Crippen LogP contribution in [0, 0.1) is 0 Å². The standard InChI is InChI=1S/C25H34N2O3/c1-4-6-17-26-25(29)23(5-2)27(18-16-20-10-8-7-9-11-20)24(28)19-21-12-14-22(30-3)15-13-21/h7-15,23H,4-6,16-19H2,1-3H3,(H,26,29). The molecule has 2 rings (SSSR count). The topological polar surface area (TPSA) is 58.6 Å². The Balaban J connectivity index is 2.14. The largest absolute Gasteiger partial charge is 0.497 e. The van der Waals surface area contributed by atoms with E-state index < -0.39 is 6.04 Å². The maximum absolute atomic E-state index is 13.2. The van der Waals surface area contributed by atoms with Crippen LogP contribution in [0.3, 0.4) is 0 Å². The number of carbonyl (C=O) groups excluding carboxylic acids is 2. The molecule has 2 amide bonds. The predicted molar refractivity (Wildman–Crippen MR) is 121 cm³/mol. The molecule has 2 aromatic rings. The Morgan fingerprint density at radius 1 is 1.00 bits per heavy atom. The SMILES string of the molecule is CCCCNC(=O)C(CC)N(CCc1ccccc1)C(=O)Cc1ccc(OC)cc1. The minimum Gasteiger partial charge on any atom is -0.497 e. The number of methoxy groups -OCH3 is 1. The normalized spacial score (nSPS) is 11.6. The Kier molecular flexibility index (Phi) is 9.92. The molecule has 5 heteroatoms. The van der Waals surface area contributed by atoms with Crippen LogP contribution in [0.2, 0.25) is 0 Å². The van der Waals surface area contributed by atoms with Gasteiger partial charge in [-0.1, -0.05) is 62.7 Å². The van der Waals surface area contributed by atoms with Crippen molar-refractivity contribution in [2.45, 2.75) is 52.0 Å². The monoisotopic (exact) mass is 410 g/mol. The van der Waals surface area contributed by atoms with Gasteiger partial charge in [-0.05, 0) is 42.5 Å². The van der Waals surface area contributed by atoms with Crippen molar-refractivity contribution in [2.75, 3.05) is 20.2 Å². The van der Waals surface area contributed by atoms with E-state index in [0.717, 1.165) is 29.7 Å². The van der Waals surface area contributed by atoms with Gasteiger partial charge in [0.2, 0.25) is 11.8 Å². The van der Waals surface area contributed by atoms with Gasteiger partial charge >= 0.3 is 0 Å². The number of rotatable bonds is 12. The molecule has 162 valence electrons. The Morgan fingerprint density at radius 2 is 1.70 bits per heavy atom. The third-order valence-electron chi connectivity index (χ3n) is 5.21. The second kappa shape index (κ2) is 12.7. The van der Waals surface area contributed by atoms with Gasteiger partial charge in [-0.25, -0.2) is 0 Å². The van der Waals surface area contributed by atoms with Crippen LogP contribution >= 0.6 is 0 Å². The van der Waals surface area contributed by atoms with Crippen LogP contribution in [0.25, 0.3) is 0 Å². The quantitative estimate of drug-likeness (QED) is 0.538. The summed E-state index contributed by atoms with van der Waals surface area (Å²) >= 11 is 0. The molecular formula is C25H34N2O3. The van der Waals surface area contributed by atoms with Gasteiger partial charge in [0.1, 0.15) is 11.8 Å². The molecule has 0 bridgehead atoms. The first kappa shape index (κ1) is 23.5. The van der Waals surface area contributed by atoms with Crippen molar-refractivity contribution in [3.05, 3.63) is 65.7 Å². The lowest BCUT2D eigenvalue weighted by atomic mass is 10.1. The number of unbranched alkanes of at least 4 members (excludes halogenated alkanes) is 1. The van der Waals surface area contributed by atoms with Crippen LogP contribution in [0.5, 0.6) is 5.75 Å². The van der Waals surface area contributed by atoms with Crippen molar-refractivity contribution >= 4 is 11.8 Å². The highest BCUT2D eigenvalue weighted by Gasteiger charge is 2.28. The average molecular weight is 411 g/mol. The van der Waals surface area contributed by atoms with Gasteiger partial charge in [-0.2, -0.15) is 0 Å². The van der Waals surface area contributed by atoms with E-state index in [1.807, 2.05) is 49.4 Å². The van der Waals surface area contributed by atoms with Crippen molar-refractivity contribution in [3.63, 3.8) is 0 Å². The molecule has 1 unspecified atom stereocenters. The molecule has 0 radical (unpaired) electrons. The smallest absolute Gasteiger partial charge is 0.242 e. The van der Waals surface area contributed by atoms with Crippen LogP contribution in [0.15, 0.2) is 54.6 Å². The lowest BCUT2D eigenvalue weighted by Crippen LogP contribution is -2.50.